The second kappa shape index (κ2) is 5.59. The van der Waals surface area contributed by atoms with E-state index in [1.54, 1.807) is 36.4 Å². The summed E-state index contributed by atoms with van der Waals surface area (Å²) in [6, 6.07) is 13.0. The van der Waals surface area contributed by atoms with Gasteiger partial charge in [-0.1, -0.05) is 24.3 Å². The van der Waals surface area contributed by atoms with Crippen LogP contribution in [0, 0.1) is 0 Å². The molecule has 0 spiro atoms. The Balaban J connectivity index is 1.82. The smallest absolute Gasteiger partial charge is 0.422 e. The van der Waals surface area contributed by atoms with E-state index in [4.69, 9.17) is 13.9 Å². The second-order valence-electron chi connectivity index (χ2n) is 4.40. The molecule has 0 aliphatic rings. The quantitative estimate of drug-likeness (QED) is 0.708. The van der Waals surface area contributed by atoms with Gasteiger partial charge in [-0.05, 0) is 24.3 Å². The van der Waals surface area contributed by atoms with E-state index in [2.05, 4.69) is 4.98 Å². The molecule has 0 aliphatic carbocycles. The molecule has 1 aromatic heterocycles. The number of ether oxygens (including phenoxy) is 2. The van der Waals surface area contributed by atoms with Crippen molar-refractivity contribution in [3.8, 4) is 17.6 Å². The summed E-state index contributed by atoms with van der Waals surface area (Å²) in [6.45, 7) is -1.40. The van der Waals surface area contributed by atoms with Gasteiger partial charge in [0.1, 0.15) is 5.52 Å². The van der Waals surface area contributed by atoms with Gasteiger partial charge in [-0.25, -0.2) is 0 Å². The zero-order valence-corrected chi connectivity index (χ0v) is 11.1. The third-order valence-corrected chi connectivity index (χ3v) is 2.71. The number of aromatic nitrogens is 1. The van der Waals surface area contributed by atoms with Gasteiger partial charge < -0.3 is 13.9 Å². The van der Waals surface area contributed by atoms with Gasteiger partial charge in [0.15, 0.2) is 23.7 Å². The lowest BCUT2D eigenvalue weighted by Gasteiger charge is -2.11. The Morgan fingerprint density at radius 1 is 0.955 bits per heavy atom. The molecule has 0 fully saturated rings. The summed E-state index contributed by atoms with van der Waals surface area (Å²) in [5.74, 6) is 0.0559. The van der Waals surface area contributed by atoms with Gasteiger partial charge >= 0.3 is 12.3 Å². The maximum atomic E-state index is 12.2. The van der Waals surface area contributed by atoms with Crippen molar-refractivity contribution in [2.24, 2.45) is 0 Å². The molecule has 7 heteroatoms. The summed E-state index contributed by atoms with van der Waals surface area (Å²) >= 11 is 0. The molecule has 3 rings (SSSR count). The summed E-state index contributed by atoms with van der Waals surface area (Å²) < 4.78 is 52.2. The van der Waals surface area contributed by atoms with Gasteiger partial charge in [-0.3, -0.25) is 0 Å². The fraction of sp³-hybridized carbons (Fsp3) is 0.133. The summed E-state index contributed by atoms with van der Waals surface area (Å²) in [6.07, 6.45) is -4.49. The lowest BCUT2D eigenvalue weighted by Crippen LogP contribution is -2.19. The fourth-order valence-electron chi connectivity index (χ4n) is 1.80. The third kappa shape index (κ3) is 3.30. The number of hydrogen-bond donors (Lipinski definition) is 0. The lowest BCUT2D eigenvalue weighted by atomic mass is 10.3. The molecule has 2 aromatic carbocycles. The van der Waals surface area contributed by atoms with Gasteiger partial charge in [0.05, 0.1) is 0 Å². The Bertz CT molecular complexity index is 750. The van der Waals surface area contributed by atoms with E-state index in [-0.39, 0.29) is 17.6 Å². The molecule has 3 aromatic rings. The van der Waals surface area contributed by atoms with Crippen molar-refractivity contribution in [2.45, 2.75) is 6.18 Å². The molecule has 0 radical (unpaired) electrons. The van der Waals surface area contributed by atoms with Crippen LogP contribution in [-0.2, 0) is 0 Å². The minimum absolute atomic E-state index is 0.0397. The molecule has 4 nitrogen and oxygen atoms in total. The number of fused-ring (bicyclic) bond motifs is 1. The van der Waals surface area contributed by atoms with Crippen molar-refractivity contribution >= 4 is 11.1 Å². The molecule has 114 valence electrons. The minimum atomic E-state index is -4.43. The van der Waals surface area contributed by atoms with Crippen molar-refractivity contribution in [3.05, 3.63) is 48.5 Å². The highest BCUT2D eigenvalue weighted by molar-refractivity contribution is 5.72. The highest BCUT2D eigenvalue weighted by Gasteiger charge is 2.29. The molecule has 0 amide bonds. The molecule has 0 N–H and O–H groups in total. The molecule has 0 atom stereocenters. The molecule has 0 saturated heterocycles. The molecule has 0 aliphatic heterocycles. The SMILES string of the molecule is FC(F)(F)COc1ccccc1Oc1nc2ccccc2o1. The molecule has 1 heterocycles. The third-order valence-electron chi connectivity index (χ3n) is 2.71. The highest BCUT2D eigenvalue weighted by Crippen LogP contribution is 2.33. The first-order valence-electron chi connectivity index (χ1n) is 6.33. The number of halogens is 3. The van der Waals surface area contributed by atoms with Gasteiger partial charge in [0.25, 0.3) is 0 Å². The number of benzene rings is 2. The second-order valence-corrected chi connectivity index (χ2v) is 4.40. The van der Waals surface area contributed by atoms with Crippen LogP contribution in [0.4, 0.5) is 13.2 Å². The Morgan fingerprint density at radius 2 is 1.64 bits per heavy atom. The molecule has 0 bridgehead atoms. The van der Waals surface area contributed by atoms with E-state index in [1.807, 2.05) is 0 Å². The van der Waals surface area contributed by atoms with Crippen molar-refractivity contribution in [1.29, 1.82) is 0 Å². The van der Waals surface area contributed by atoms with Crippen LogP contribution >= 0.6 is 0 Å². The van der Waals surface area contributed by atoms with Crippen LogP contribution in [0.15, 0.2) is 52.9 Å². The number of nitrogens with zero attached hydrogens (tertiary/aromatic N) is 1. The predicted octanol–water partition coefficient (Wildman–Crippen LogP) is 4.56. The van der Waals surface area contributed by atoms with E-state index in [1.165, 1.54) is 12.1 Å². The lowest BCUT2D eigenvalue weighted by molar-refractivity contribution is -0.153. The Hall–Kier alpha value is -2.70. The highest BCUT2D eigenvalue weighted by atomic mass is 19.4. The van der Waals surface area contributed by atoms with Crippen molar-refractivity contribution in [3.63, 3.8) is 0 Å². The van der Waals surface area contributed by atoms with Gasteiger partial charge in [-0.2, -0.15) is 18.2 Å². The van der Waals surface area contributed by atoms with E-state index < -0.39 is 12.8 Å². The van der Waals surface area contributed by atoms with Crippen LogP contribution in [0.25, 0.3) is 11.1 Å². The first kappa shape index (κ1) is 14.2. The van der Waals surface area contributed by atoms with E-state index in [0.717, 1.165) is 0 Å². The van der Waals surface area contributed by atoms with Crippen molar-refractivity contribution < 1.29 is 27.1 Å². The normalized spacial score (nSPS) is 11.6. The van der Waals surface area contributed by atoms with Crippen LogP contribution in [0.5, 0.6) is 17.6 Å². The molecular formula is C15H10F3NO3. The zero-order chi connectivity index (χ0) is 15.6. The number of para-hydroxylation sites is 4. The first-order valence-corrected chi connectivity index (χ1v) is 6.33. The maximum Gasteiger partial charge on any atom is 0.422 e. The predicted molar refractivity (Wildman–Crippen MR) is 72.1 cm³/mol. The van der Waals surface area contributed by atoms with Crippen LogP contribution in [0.1, 0.15) is 0 Å². The summed E-state index contributed by atoms with van der Waals surface area (Å²) in [7, 11) is 0. The largest absolute Gasteiger partial charge is 0.480 e. The first-order chi connectivity index (χ1) is 10.5. The maximum absolute atomic E-state index is 12.2. The van der Waals surface area contributed by atoms with E-state index in [0.29, 0.717) is 11.1 Å². The summed E-state index contributed by atoms with van der Waals surface area (Å²) in [5.41, 5.74) is 1.11. The molecule has 0 saturated carbocycles. The average molecular weight is 309 g/mol. The number of oxazole rings is 1. The van der Waals surface area contributed by atoms with Crippen molar-refractivity contribution in [2.75, 3.05) is 6.61 Å². The zero-order valence-electron chi connectivity index (χ0n) is 11.1. The minimum Gasteiger partial charge on any atom is -0.480 e. The Labute approximate surface area is 123 Å². The van der Waals surface area contributed by atoms with Crippen LogP contribution in [0.2, 0.25) is 0 Å². The Morgan fingerprint density at radius 3 is 2.36 bits per heavy atom. The molecular weight excluding hydrogens is 299 g/mol. The summed E-state index contributed by atoms with van der Waals surface area (Å²) in [4.78, 5) is 4.09. The number of rotatable bonds is 4. The van der Waals surface area contributed by atoms with Gasteiger partial charge in [-0.15, -0.1) is 0 Å². The molecule has 22 heavy (non-hydrogen) atoms. The number of alkyl halides is 3. The van der Waals surface area contributed by atoms with Gasteiger partial charge in [0, 0.05) is 0 Å². The van der Waals surface area contributed by atoms with E-state index in [9.17, 15) is 13.2 Å². The van der Waals surface area contributed by atoms with Crippen LogP contribution in [0.3, 0.4) is 0 Å². The summed E-state index contributed by atoms with van der Waals surface area (Å²) in [5, 5.41) is 0. The standard InChI is InChI=1S/C15H10F3NO3/c16-15(17,18)9-20-12-7-3-4-8-13(12)22-14-19-10-5-1-2-6-11(10)21-14/h1-8H,9H2. The van der Waals surface area contributed by atoms with E-state index >= 15 is 0 Å². The van der Waals surface area contributed by atoms with Gasteiger partial charge in [0.2, 0.25) is 0 Å². The Kier molecular flexibility index (Phi) is 3.62. The van der Waals surface area contributed by atoms with Crippen molar-refractivity contribution in [1.82, 2.24) is 4.98 Å². The van der Waals surface area contributed by atoms with Crippen LogP contribution in [-0.4, -0.2) is 17.8 Å². The topological polar surface area (TPSA) is 44.5 Å². The molecule has 0 unspecified atom stereocenters. The fourth-order valence-corrected chi connectivity index (χ4v) is 1.80. The number of hydrogen-bond acceptors (Lipinski definition) is 4. The monoisotopic (exact) mass is 309 g/mol. The van der Waals surface area contributed by atoms with Crippen LogP contribution < -0.4 is 9.47 Å². The average Bonchev–Trinajstić information content (AvgIpc) is 2.88.